The summed E-state index contributed by atoms with van der Waals surface area (Å²) in [4.78, 5) is 16.3. The summed E-state index contributed by atoms with van der Waals surface area (Å²) in [5, 5.41) is 9.80. The fourth-order valence-electron chi connectivity index (χ4n) is 3.01. The van der Waals surface area contributed by atoms with Gasteiger partial charge in [-0.3, -0.25) is 9.69 Å². The van der Waals surface area contributed by atoms with Crippen molar-refractivity contribution in [2.24, 2.45) is 0 Å². The topological polar surface area (TPSA) is 77.9 Å². The number of rotatable bonds is 1. The number of sulfone groups is 1. The molecule has 0 bridgehead atoms. The highest BCUT2D eigenvalue weighted by atomic mass is 35.5. The molecule has 2 aliphatic rings. The van der Waals surface area contributed by atoms with E-state index in [4.69, 9.17) is 11.6 Å². The van der Waals surface area contributed by atoms with Gasteiger partial charge >= 0.3 is 0 Å². The van der Waals surface area contributed by atoms with Gasteiger partial charge in [-0.2, -0.15) is 0 Å². The minimum Gasteiger partial charge on any atom is -0.508 e. The van der Waals surface area contributed by atoms with E-state index in [-0.39, 0.29) is 39.8 Å². The molecule has 0 spiro atoms. The number of piperazine rings is 1. The Bertz CT molecular complexity index is 707. The van der Waals surface area contributed by atoms with E-state index < -0.39 is 9.84 Å². The number of carbonyl (C=O) groups is 1. The number of phenols is 1. The van der Waals surface area contributed by atoms with Crippen molar-refractivity contribution in [2.45, 2.75) is 6.04 Å². The molecule has 1 unspecified atom stereocenters. The molecule has 2 aliphatic heterocycles. The smallest absolute Gasteiger partial charge is 0.255 e. The normalized spacial score (nSPS) is 24.8. The average molecular weight is 345 g/mol. The van der Waals surface area contributed by atoms with Gasteiger partial charge in [0.2, 0.25) is 0 Å². The SMILES string of the molecule is O=C(c1cc(O)ccc1Cl)N1CCN2CCS(=O)(=O)CC2C1. The number of aromatic hydroxyl groups is 1. The van der Waals surface area contributed by atoms with Crippen LogP contribution in [0.2, 0.25) is 5.02 Å². The lowest BCUT2D eigenvalue weighted by molar-refractivity contribution is 0.0521. The van der Waals surface area contributed by atoms with E-state index in [0.717, 1.165) is 0 Å². The van der Waals surface area contributed by atoms with Crippen LogP contribution in [0.25, 0.3) is 0 Å². The second-order valence-electron chi connectivity index (χ2n) is 5.72. The van der Waals surface area contributed by atoms with Crippen LogP contribution in [0.3, 0.4) is 0 Å². The van der Waals surface area contributed by atoms with Crippen LogP contribution < -0.4 is 0 Å². The van der Waals surface area contributed by atoms with Gasteiger partial charge in [-0.1, -0.05) is 11.6 Å². The zero-order valence-electron chi connectivity index (χ0n) is 11.9. The van der Waals surface area contributed by atoms with E-state index in [1.165, 1.54) is 18.2 Å². The Labute approximate surface area is 134 Å². The van der Waals surface area contributed by atoms with Crippen molar-refractivity contribution in [1.29, 1.82) is 0 Å². The summed E-state index contributed by atoms with van der Waals surface area (Å²) in [6.45, 7) is 2.08. The lowest BCUT2D eigenvalue weighted by Crippen LogP contribution is -2.60. The van der Waals surface area contributed by atoms with Gasteiger partial charge in [-0.25, -0.2) is 8.42 Å². The van der Waals surface area contributed by atoms with Crippen LogP contribution in [0.4, 0.5) is 0 Å². The first-order chi connectivity index (χ1) is 10.4. The van der Waals surface area contributed by atoms with Crippen LogP contribution in [-0.2, 0) is 9.84 Å². The summed E-state index contributed by atoms with van der Waals surface area (Å²) in [7, 11) is -3.03. The minimum absolute atomic E-state index is 0.0216. The van der Waals surface area contributed by atoms with E-state index in [0.29, 0.717) is 26.2 Å². The molecular weight excluding hydrogens is 328 g/mol. The lowest BCUT2D eigenvalue weighted by Gasteiger charge is -2.43. The van der Waals surface area contributed by atoms with Gasteiger partial charge in [-0.15, -0.1) is 0 Å². The molecule has 0 radical (unpaired) electrons. The number of benzene rings is 1. The standard InChI is InChI=1S/C14H17ClN2O4S/c15-13-2-1-11(18)7-12(13)14(19)17-4-3-16-5-6-22(20,21)9-10(16)8-17/h1-2,7,10,18H,3-6,8-9H2. The molecule has 1 atom stereocenters. The van der Waals surface area contributed by atoms with Crippen LogP contribution in [0.5, 0.6) is 5.75 Å². The second-order valence-corrected chi connectivity index (χ2v) is 8.36. The molecule has 0 aliphatic carbocycles. The van der Waals surface area contributed by atoms with Crippen molar-refractivity contribution in [2.75, 3.05) is 37.7 Å². The zero-order chi connectivity index (χ0) is 15.9. The number of hydrogen-bond donors (Lipinski definition) is 1. The van der Waals surface area contributed by atoms with Gasteiger partial charge in [0.05, 0.1) is 22.1 Å². The molecule has 3 rings (SSSR count). The quantitative estimate of drug-likeness (QED) is 0.807. The van der Waals surface area contributed by atoms with Crippen molar-refractivity contribution in [3.63, 3.8) is 0 Å². The van der Waals surface area contributed by atoms with Gasteiger partial charge in [0.15, 0.2) is 9.84 Å². The van der Waals surface area contributed by atoms with Gasteiger partial charge in [0.1, 0.15) is 5.75 Å². The lowest BCUT2D eigenvalue weighted by atomic mass is 10.1. The van der Waals surface area contributed by atoms with E-state index in [1.807, 2.05) is 0 Å². The molecule has 1 aromatic carbocycles. The predicted molar refractivity (Wildman–Crippen MR) is 83.0 cm³/mol. The van der Waals surface area contributed by atoms with Crippen molar-refractivity contribution >= 4 is 27.3 Å². The fourth-order valence-corrected chi connectivity index (χ4v) is 4.79. The van der Waals surface area contributed by atoms with Crippen LogP contribution >= 0.6 is 11.6 Å². The Morgan fingerprint density at radius 3 is 2.82 bits per heavy atom. The highest BCUT2D eigenvalue weighted by molar-refractivity contribution is 7.91. The number of hydrogen-bond acceptors (Lipinski definition) is 5. The summed E-state index contributed by atoms with van der Waals surface area (Å²) in [6, 6.07) is 4.08. The summed E-state index contributed by atoms with van der Waals surface area (Å²) < 4.78 is 23.5. The molecule has 2 saturated heterocycles. The zero-order valence-corrected chi connectivity index (χ0v) is 13.5. The van der Waals surface area contributed by atoms with Crippen molar-refractivity contribution in [3.8, 4) is 5.75 Å². The molecular formula is C14H17ClN2O4S. The number of amides is 1. The van der Waals surface area contributed by atoms with E-state index in [2.05, 4.69) is 4.90 Å². The van der Waals surface area contributed by atoms with Gasteiger partial charge in [0.25, 0.3) is 5.91 Å². The number of carbonyl (C=O) groups excluding carboxylic acids is 1. The molecule has 1 amide bonds. The van der Waals surface area contributed by atoms with E-state index in [1.54, 1.807) is 4.90 Å². The maximum Gasteiger partial charge on any atom is 0.255 e. The molecule has 0 aromatic heterocycles. The number of nitrogens with zero attached hydrogens (tertiary/aromatic N) is 2. The van der Waals surface area contributed by atoms with Crippen LogP contribution in [0.1, 0.15) is 10.4 Å². The molecule has 0 saturated carbocycles. The molecule has 1 N–H and O–H groups in total. The number of halogens is 1. The largest absolute Gasteiger partial charge is 0.508 e. The molecule has 2 fully saturated rings. The van der Waals surface area contributed by atoms with Crippen LogP contribution in [-0.4, -0.2) is 73.0 Å². The number of fused-ring (bicyclic) bond motifs is 1. The van der Waals surface area contributed by atoms with Gasteiger partial charge in [-0.05, 0) is 18.2 Å². The number of phenolic OH excluding ortho intramolecular Hbond substituents is 1. The van der Waals surface area contributed by atoms with Crippen LogP contribution in [0, 0.1) is 0 Å². The van der Waals surface area contributed by atoms with Crippen molar-refractivity contribution < 1.29 is 18.3 Å². The van der Waals surface area contributed by atoms with E-state index >= 15 is 0 Å². The Hall–Kier alpha value is -1.31. The summed E-state index contributed by atoms with van der Waals surface area (Å²) in [6.07, 6.45) is 0. The Kier molecular flexibility index (Phi) is 4.05. The molecule has 120 valence electrons. The Morgan fingerprint density at radius 1 is 1.27 bits per heavy atom. The summed E-state index contributed by atoms with van der Waals surface area (Å²) in [5.41, 5.74) is 0.244. The third kappa shape index (κ3) is 3.06. The van der Waals surface area contributed by atoms with E-state index in [9.17, 15) is 18.3 Å². The first kappa shape index (κ1) is 15.6. The fraction of sp³-hybridized carbons (Fsp3) is 0.500. The van der Waals surface area contributed by atoms with Gasteiger partial charge in [0, 0.05) is 32.2 Å². The molecule has 8 heteroatoms. The minimum atomic E-state index is -3.03. The molecule has 6 nitrogen and oxygen atoms in total. The summed E-state index contributed by atoms with van der Waals surface area (Å²) in [5.74, 6) is -0.0180. The van der Waals surface area contributed by atoms with Crippen molar-refractivity contribution in [3.05, 3.63) is 28.8 Å². The summed E-state index contributed by atoms with van der Waals surface area (Å²) >= 11 is 6.03. The first-order valence-corrected chi connectivity index (χ1v) is 9.28. The van der Waals surface area contributed by atoms with Crippen LogP contribution in [0.15, 0.2) is 18.2 Å². The second kappa shape index (κ2) is 5.72. The highest BCUT2D eigenvalue weighted by Crippen LogP contribution is 2.24. The average Bonchev–Trinajstić information content (AvgIpc) is 2.47. The highest BCUT2D eigenvalue weighted by Gasteiger charge is 2.37. The molecule has 1 aromatic rings. The predicted octanol–water partition coefficient (Wildman–Crippen LogP) is 0.600. The molecule has 2 heterocycles. The molecule has 22 heavy (non-hydrogen) atoms. The third-order valence-corrected chi connectivity index (χ3v) is 6.23. The maximum atomic E-state index is 12.6. The van der Waals surface area contributed by atoms with Crippen molar-refractivity contribution in [1.82, 2.24) is 9.80 Å². The first-order valence-electron chi connectivity index (χ1n) is 7.08. The monoisotopic (exact) mass is 344 g/mol. The maximum absolute atomic E-state index is 12.6. The Morgan fingerprint density at radius 2 is 2.05 bits per heavy atom. The Balaban J connectivity index is 1.78. The third-order valence-electron chi connectivity index (χ3n) is 4.21. The van der Waals surface area contributed by atoms with Gasteiger partial charge < -0.3 is 10.0 Å².